The molecule has 15 heteroatoms. The lowest BCUT2D eigenvalue weighted by Gasteiger charge is -2.08. The van der Waals surface area contributed by atoms with Gasteiger partial charge in [-0.1, -0.05) is 0 Å². The number of nitrogens with zero attached hydrogens (tertiary/aromatic N) is 2. The number of hydrogen-bond acceptors (Lipinski definition) is 11. The summed E-state index contributed by atoms with van der Waals surface area (Å²) in [5, 5.41) is 21.3. The highest BCUT2D eigenvalue weighted by Crippen LogP contribution is 2.18. The third-order valence-corrected chi connectivity index (χ3v) is 7.94. The third-order valence-electron chi connectivity index (χ3n) is 4.55. The maximum absolute atomic E-state index is 12.2. The molecule has 0 atom stereocenters. The van der Waals surface area contributed by atoms with Crippen LogP contribution in [0.2, 0.25) is 0 Å². The summed E-state index contributed by atoms with van der Waals surface area (Å²) >= 11 is 0. The molecule has 2 rings (SSSR count). The molecule has 0 radical (unpaired) electrons. The maximum Gasteiger partial charge on any atom is 0.269 e. The Hall–Kier alpha value is -2.98. The average molecular weight is 533 g/mol. The summed E-state index contributed by atoms with van der Waals surface area (Å²) in [6.45, 7) is 0.429. The molecule has 2 aromatic rings. The van der Waals surface area contributed by atoms with Crippen molar-refractivity contribution in [2.75, 3.05) is 51.1 Å². The van der Waals surface area contributed by atoms with Crippen molar-refractivity contribution in [3.8, 4) is 0 Å². The summed E-state index contributed by atoms with van der Waals surface area (Å²) in [6, 6.07) is 9.18. The molecule has 0 saturated carbocycles. The Morgan fingerprint density at radius 3 is 1.11 bits per heavy atom. The van der Waals surface area contributed by atoms with Crippen molar-refractivity contribution in [2.45, 2.75) is 9.79 Å². The summed E-state index contributed by atoms with van der Waals surface area (Å²) in [6.07, 6.45) is 0. The fraction of sp³-hybridized carbons (Fsp3) is 0.400. The number of rotatable bonds is 16. The van der Waals surface area contributed by atoms with Crippen molar-refractivity contribution in [1.29, 1.82) is 0 Å². The van der Waals surface area contributed by atoms with Crippen molar-refractivity contribution < 1.29 is 40.9 Å². The highest BCUT2D eigenvalue weighted by Gasteiger charge is 2.17. The molecule has 0 spiro atoms. The minimum Gasteiger partial charge on any atom is -0.378 e. The van der Waals surface area contributed by atoms with Crippen LogP contribution < -0.4 is 0 Å². The molecule has 35 heavy (non-hydrogen) atoms. The fourth-order valence-electron chi connectivity index (χ4n) is 2.67. The van der Waals surface area contributed by atoms with Gasteiger partial charge in [-0.15, -0.1) is 0 Å². The summed E-state index contributed by atoms with van der Waals surface area (Å²) < 4.78 is 64.4. The highest BCUT2D eigenvalue weighted by atomic mass is 32.2. The quantitative estimate of drug-likeness (QED) is 0.174. The van der Waals surface area contributed by atoms with Gasteiger partial charge in [0.05, 0.1) is 70.8 Å². The summed E-state index contributed by atoms with van der Waals surface area (Å²) in [7, 11) is -7.27. The van der Waals surface area contributed by atoms with E-state index in [2.05, 4.69) is 0 Å². The predicted octanol–water partition coefficient (Wildman–Crippen LogP) is 1.80. The SMILES string of the molecule is O=[N+]([O-])c1ccc(S(=O)(=O)CCOCCOCCOCCS(=O)(=O)c2ccc([N+](=O)[O-])cc2)cc1. The first-order valence-electron chi connectivity index (χ1n) is 10.2. The molecule has 0 N–H and O–H groups in total. The Kier molecular flexibility index (Phi) is 10.7. The molecule has 13 nitrogen and oxygen atoms in total. The molecule has 0 bridgehead atoms. The van der Waals surface area contributed by atoms with E-state index >= 15 is 0 Å². The molecular formula is C20H24N2O11S2. The van der Waals surface area contributed by atoms with Gasteiger partial charge >= 0.3 is 0 Å². The lowest BCUT2D eigenvalue weighted by atomic mass is 10.3. The standard InChI is InChI=1S/C20H24N2O11S2/c23-21(24)17-1-5-19(6-2-17)34(27,28)15-13-32-11-9-31-10-12-33-14-16-35(29,30)20-7-3-18(4-8-20)22(25)26/h1-8H,9-16H2. The van der Waals surface area contributed by atoms with Crippen LogP contribution in [0.4, 0.5) is 11.4 Å². The van der Waals surface area contributed by atoms with Gasteiger partial charge in [0, 0.05) is 24.3 Å². The van der Waals surface area contributed by atoms with Gasteiger partial charge in [-0.05, 0) is 24.3 Å². The van der Waals surface area contributed by atoms with E-state index in [0.29, 0.717) is 0 Å². The minimum atomic E-state index is -3.64. The molecule has 192 valence electrons. The second-order valence-corrected chi connectivity index (χ2v) is 11.2. The molecular weight excluding hydrogens is 508 g/mol. The van der Waals surface area contributed by atoms with E-state index in [9.17, 15) is 37.1 Å². The Balaban J connectivity index is 1.55. The zero-order chi connectivity index (χ0) is 25.9. The van der Waals surface area contributed by atoms with E-state index in [4.69, 9.17) is 14.2 Å². The second-order valence-electron chi connectivity index (χ2n) is 6.98. The van der Waals surface area contributed by atoms with Gasteiger partial charge in [0.25, 0.3) is 11.4 Å². The first kappa shape index (κ1) is 28.3. The normalized spacial score (nSPS) is 11.9. The summed E-state index contributed by atoms with van der Waals surface area (Å²) in [5.41, 5.74) is -0.403. The first-order valence-corrected chi connectivity index (χ1v) is 13.5. The van der Waals surface area contributed by atoms with Crippen LogP contribution in [0.1, 0.15) is 0 Å². The Morgan fingerprint density at radius 1 is 0.543 bits per heavy atom. The van der Waals surface area contributed by atoms with Gasteiger partial charge in [0.15, 0.2) is 19.7 Å². The molecule has 0 aliphatic heterocycles. The van der Waals surface area contributed by atoms with Gasteiger partial charge in [0.1, 0.15) is 0 Å². The average Bonchev–Trinajstić information content (AvgIpc) is 2.82. The van der Waals surface area contributed by atoms with Crippen LogP contribution >= 0.6 is 0 Å². The minimum absolute atomic E-state index is 0.0318. The van der Waals surface area contributed by atoms with Crippen LogP contribution in [0.25, 0.3) is 0 Å². The number of ether oxygens (including phenoxy) is 3. The molecule has 0 aliphatic rings. The van der Waals surface area contributed by atoms with Crippen molar-refractivity contribution in [3.63, 3.8) is 0 Å². The zero-order valence-corrected chi connectivity index (χ0v) is 20.1. The largest absolute Gasteiger partial charge is 0.378 e. The van der Waals surface area contributed by atoms with E-state index in [1.165, 1.54) is 24.3 Å². The molecule has 0 saturated heterocycles. The molecule has 0 heterocycles. The van der Waals surface area contributed by atoms with Crippen molar-refractivity contribution in [2.24, 2.45) is 0 Å². The van der Waals surface area contributed by atoms with E-state index in [1.54, 1.807) is 0 Å². The monoisotopic (exact) mass is 532 g/mol. The van der Waals surface area contributed by atoms with E-state index < -0.39 is 29.5 Å². The number of nitro benzene ring substituents is 2. The number of hydrogen-bond donors (Lipinski definition) is 0. The Bertz CT molecular complexity index is 1100. The Morgan fingerprint density at radius 2 is 0.829 bits per heavy atom. The number of nitro groups is 2. The molecule has 0 amide bonds. The van der Waals surface area contributed by atoms with Crippen LogP contribution in [0, 0.1) is 20.2 Å². The lowest BCUT2D eigenvalue weighted by molar-refractivity contribution is -0.385. The van der Waals surface area contributed by atoms with E-state index in [1.807, 2.05) is 0 Å². The lowest BCUT2D eigenvalue weighted by Crippen LogP contribution is -2.16. The molecule has 0 unspecified atom stereocenters. The molecule has 2 aromatic carbocycles. The van der Waals surface area contributed by atoms with Crippen molar-refractivity contribution in [3.05, 3.63) is 68.8 Å². The van der Waals surface area contributed by atoms with Gasteiger partial charge in [-0.25, -0.2) is 16.8 Å². The second kappa shape index (κ2) is 13.2. The number of benzene rings is 2. The van der Waals surface area contributed by atoms with Gasteiger partial charge < -0.3 is 14.2 Å². The maximum atomic E-state index is 12.2. The van der Waals surface area contributed by atoms with Gasteiger partial charge in [-0.3, -0.25) is 20.2 Å². The van der Waals surface area contributed by atoms with Crippen LogP contribution in [-0.4, -0.2) is 77.8 Å². The van der Waals surface area contributed by atoms with Crippen LogP contribution in [-0.2, 0) is 33.9 Å². The van der Waals surface area contributed by atoms with Gasteiger partial charge in [-0.2, -0.15) is 0 Å². The fourth-order valence-corrected chi connectivity index (χ4v) is 4.91. The summed E-state index contributed by atoms with van der Waals surface area (Å²) in [4.78, 5) is 20.0. The summed E-state index contributed by atoms with van der Waals surface area (Å²) in [5.74, 6) is -0.589. The number of sulfone groups is 2. The van der Waals surface area contributed by atoms with Gasteiger partial charge in [0.2, 0.25) is 0 Å². The topological polar surface area (TPSA) is 182 Å². The van der Waals surface area contributed by atoms with Crippen LogP contribution in [0.5, 0.6) is 0 Å². The van der Waals surface area contributed by atoms with Crippen LogP contribution in [0.15, 0.2) is 58.3 Å². The zero-order valence-electron chi connectivity index (χ0n) is 18.5. The molecule has 0 aromatic heterocycles. The molecule has 0 aliphatic carbocycles. The van der Waals surface area contributed by atoms with Crippen LogP contribution in [0.3, 0.4) is 0 Å². The Labute approximate surface area is 201 Å². The third kappa shape index (κ3) is 9.29. The highest BCUT2D eigenvalue weighted by molar-refractivity contribution is 7.91. The van der Waals surface area contributed by atoms with Crippen molar-refractivity contribution in [1.82, 2.24) is 0 Å². The first-order chi connectivity index (χ1) is 16.5. The predicted molar refractivity (Wildman–Crippen MR) is 123 cm³/mol. The van der Waals surface area contributed by atoms with E-state index in [0.717, 1.165) is 24.3 Å². The molecule has 0 fully saturated rings. The van der Waals surface area contributed by atoms with Crippen molar-refractivity contribution >= 4 is 31.0 Å². The smallest absolute Gasteiger partial charge is 0.269 e. The van der Waals surface area contributed by atoms with E-state index in [-0.39, 0.29) is 72.3 Å². The number of non-ortho nitro benzene ring substituents is 2.